The van der Waals surface area contributed by atoms with Crippen LogP contribution in [0.2, 0.25) is 0 Å². The Hall–Kier alpha value is -3.27. The normalized spacial score (nSPS) is 12.2. The maximum Gasteiger partial charge on any atom is 0.110 e. The molecule has 4 rings (SSSR count). The van der Waals surface area contributed by atoms with Gasteiger partial charge < -0.3 is 4.57 Å². The molecular weight excluding hydrogens is 380 g/mol. The summed E-state index contributed by atoms with van der Waals surface area (Å²) in [6, 6.07) is 8.57. The number of nitrogens with zero attached hydrogens (tertiary/aromatic N) is 4. The van der Waals surface area contributed by atoms with Crippen LogP contribution in [0.4, 0.5) is 0 Å². The molecule has 0 radical (unpaired) electrons. The molecule has 0 saturated carbocycles. The summed E-state index contributed by atoms with van der Waals surface area (Å²) in [4.78, 5) is 14.6. The van der Waals surface area contributed by atoms with Crippen molar-refractivity contribution in [2.75, 3.05) is 0 Å². The lowest BCUT2D eigenvalue weighted by Gasteiger charge is -2.07. The van der Waals surface area contributed by atoms with Gasteiger partial charge in [0.1, 0.15) is 5.82 Å². The van der Waals surface area contributed by atoms with Crippen LogP contribution >= 0.6 is 0 Å². The molecule has 0 amide bonds. The van der Waals surface area contributed by atoms with Crippen molar-refractivity contribution in [3.05, 3.63) is 82.5 Å². The van der Waals surface area contributed by atoms with E-state index >= 15 is 0 Å². The summed E-state index contributed by atoms with van der Waals surface area (Å²) in [6.07, 6.45) is 13.1. The Morgan fingerprint density at radius 1 is 0.839 bits per heavy atom. The molecule has 2 aromatic heterocycles. The van der Waals surface area contributed by atoms with Crippen molar-refractivity contribution in [1.29, 1.82) is 0 Å². The fraction of sp³-hybridized carbons (Fsp3) is 0.296. The van der Waals surface area contributed by atoms with Crippen LogP contribution in [-0.2, 0) is 19.9 Å². The van der Waals surface area contributed by atoms with Gasteiger partial charge in [-0.15, -0.1) is 0 Å². The number of fused-ring (bicyclic) bond motifs is 2. The summed E-state index contributed by atoms with van der Waals surface area (Å²) in [5.41, 5.74) is 10.0. The fourth-order valence-corrected chi connectivity index (χ4v) is 3.99. The predicted molar refractivity (Wildman–Crippen MR) is 130 cm³/mol. The number of aryl methyl sites for hydroxylation is 6. The second-order valence-corrected chi connectivity index (χ2v) is 8.20. The molecule has 158 valence electrons. The Kier molecular flexibility index (Phi) is 5.99. The number of hydrogen-bond acceptors (Lipinski definition) is 3. The first kappa shape index (κ1) is 21.0. The van der Waals surface area contributed by atoms with E-state index in [4.69, 9.17) is 9.97 Å². The van der Waals surface area contributed by atoms with Gasteiger partial charge in [0.15, 0.2) is 0 Å². The molecule has 0 saturated heterocycles. The van der Waals surface area contributed by atoms with Gasteiger partial charge in [-0.2, -0.15) is 0 Å². The number of benzene rings is 2. The molecule has 0 atom stereocenters. The quantitative estimate of drug-likeness (QED) is 0.355. The van der Waals surface area contributed by atoms with Gasteiger partial charge in [0.05, 0.1) is 27.8 Å². The largest absolute Gasteiger partial charge is 0.331 e. The number of imidazole rings is 1. The van der Waals surface area contributed by atoms with Gasteiger partial charge >= 0.3 is 0 Å². The zero-order chi connectivity index (χ0) is 22.0. The highest BCUT2D eigenvalue weighted by Crippen LogP contribution is 2.25. The maximum absolute atomic E-state index is 5.02. The van der Waals surface area contributed by atoms with E-state index in [9.17, 15) is 0 Å². The van der Waals surface area contributed by atoms with Crippen molar-refractivity contribution in [2.24, 2.45) is 7.05 Å². The van der Waals surface area contributed by atoms with Crippen LogP contribution in [0.3, 0.4) is 0 Å². The van der Waals surface area contributed by atoms with E-state index in [1.165, 1.54) is 22.3 Å². The van der Waals surface area contributed by atoms with Crippen molar-refractivity contribution in [1.82, 2.24) is 19.5 Å². The van der Waals surface area contributed by atoms with Crippen LogP contribution in [0.1, 0.15) is 47.1 Å². The van der Waals surface area contributed by atoms with E-state index in [-0.39, 0.29) is 0 Å². The number of rotatable bonds is 6. The van der Waals surface area contributed by atoms with Crippen molar-refractivity contribution in [3.63, 3.8) is 0 Å². The van der Waals surface area contributed by atoms with Gasteiger partial charge in [-0.05, 0) is 56.4 Å². The summed E-state index contributed by atoms with van der Waals surface area (Å²) in [7, 11) is 2.10. The minimum atomic E-state index is 0.816. The highest BCUT2D eigenvalue weighted by molar-refractivity contribution is 5.87. The summed E-state index contributed by atoms with van der Waals surface area (Å²) in [5.74, 6) is 1.07. The molecule has 4 aromatic rings. The van der Waals surface area contributed by atoms with E-state index in [0.29, 0.717) is 0 Å². The highest BCUT2D eigenvalue weighted by atomic mass is 15.1. The molecule has 31 heavy (non-hydrogen) atoms. The van der Waals surface area contributed by atoms with Crippen LogP contribution in [-0.4, -0.2) is 19.5 Å². The Morgan fingerprint density at radius 2 is 1.58 bits per heavy atom. The first-order valence-corrected chi connectivity index (χ1v) is 11.0. The topological polar surface area (TPSA) is 43.6 Å². The van der Waals surface area contributed by atoms with E-state index < -0.39 is 0 Å². The molecule has 0 bridgehead atoms. The minimum Gasteiger partial charge on any atom is -0.331 e. The van der Waals surface area contributed by atoms with Gasteiger partial charge in [-0.1, -0.05) is 49.4 Å². The van der Waals surface area contributed by atoms with Crippen LogP contribution in [0, 0.1) is 20.8 Å². The van der Waals surface area contributed by atoms with Gasteiger partial charge in [-0.3, -0.25) is 4.98 Å². The Balaban J connectivity index is 1.64. The molecule has 4 heteroatoms. The SMILES string of the molecule is CC/C=C/C=C\c1c(C)ccc2c1nc(CCc1cnc3c(C)ccc(C)c3n1)n2C. The van der Waals surface area contributed by atoms with E-state index in [1.54, 1.807) is 0 Å². The molecule has 0 aliphatic carbocycles. The minimum absolute atomic E-state index is 0.816. The summed E-state index contributed by atoms with van der Waals surface area (Å²) >= 11 is 0. The van der Waals surface area contributed by atoms with Crippen LogP contribution < -0.4 is 0 Å². The molecule has 4 nitrogen and oxygen atoms in total. The highest BCUT2D eigenvalue weighted by Gasteiger charge is 2.13. The molecule has 0 aliphatic heterocycles. The molecule has 0 fully saturated rings. The Morgan fingerprint density at radius 3 is 2.35 bits per heavy atom. The molecule has 0 unspecified atom stereocenters. The molecule has 2 aromatic carbocycles. The summed E-state index contributed by atoms with van der Waals surface area (Å²) in [6.45, 7) is 8.47. The van der Waals surface area contributed by atoms with E-state index in [0.717, 1.165) is 52.8 Å². The lowest BCUT2D eigenvalue weighted by atomic mass is 10.1. The molecule has 0 N–H and O–H groups in total. The molecule has 2 heterocycles. The summed E-state index contributed by atoms with van der Waals surface area (Å²) in [5, 5.41) is 0. The van der Waals surface area contributed by atoms with Gasteiger partial charge in [0.2, 0.25) is 0 Å². The second kappa shape index (κ2) is 8.84. The van der Waals surface area contributed by atoms with Crippen molar-refractivity contribution in [3.8, 4) is 0 Å². The van der Waals surface area contributed by atoms with Crippen molar-refractivity contribution >= 4 is 28.1 Å². The fourth-order valence-electron chi connectivity index (χ4n) is 3.99. The second-order valence-electron chi connectivity index (χ2n) is 8.20. The maximum atomic E-state index is 5.02. The average Bonchev–Trinajstić information content (AvgIpc) is 3.09. The number of aromatic nitrogens is 4. The third-order valence-electron chi connectivity index (χ3n) is 5.91. The predicted octanol–water partition coefficient (Wildman–Crippen LogP) is 6.21. The molecule has 0 aliphatic rings. The lowest BCUT2D eigenvalue weighted by molar-refractivity contribution is 0.775. The van der Waals surface area contributed by atoms with Gasteiger partial charge in [0, 0.05) is 25.2 Å². The van der Waals surface area contributed by atoms with Crippen LogP contribution in [0.15, 0.2) is 48.7 Å². The average molecular weight is 411 g/mol. The summed E-state index contributed by atoms with van der Waals surface area (Å²) < 4.78 is 2.21. The van der Waals surface area contributed by atoms with E-state index in [2.05, 4.69) is 92.9 Å². The standard InChI is InChI=1S/C27H30N4/c1-6-7-8-9-10-22-18(2)13-15-23-27(22)30-24(31(23)5)16-14-21-17-28-25-19(3)11-12-20(4)26(25)29-21/h7-13,15,17H,6,14,16H2,1-5H3/b8-7+,10-9-. The number of allylic oxidation sites excluding steroid dienone is 3. The zero-order valence-corrected chi connectivity index (χ0v) is 19.1. The lowest BCUT2D eigenvalue weighted by Crippen LogP contribution is -2.03. The van der Waals surface area contributed by atoms with Gasteiger partial charge in [-0.25, -0.2) is 9.97 Å². The van der Waals surface area contributed by atoms with Gasteiger partial charge in [0.25, 0.3) is 0 Å². The Bertz CT molecular complexity index is 1310. The third-order valence-corrected chi connectivity index (χ3v) is 5.91. The third kappa shape index (κ3) is 4.15. The smallest absolute Gasteiger partial charge is 0.110 e. The monoisotopic (exact) mass is 410 g/mol. The van der Waals surface area contributed by atoms with Crippen molar-refractivity contribution < 1.29 is 0 Å². The molecule has 0 spiro atoms. The first-order chi connectivity index (χ1) is 15.0. The van der Waals surface area contributed by atoms with Crippen LogP contribution in [0.5, 0.6) is 0 Å². The Labute approximate surface area is 184 Å². The zero-order valence-electron chi connectivity index (χ0n) is 19.1. The number of hydrogen-bond donors (Lipinski definition) is 0. The molecular formula is C27H30N4. The van der Waals surface area contributed by atoms with Crippen molar-refractivity contribution in [2.45, 2.75) is 47.0 Å². The van der Waals surface area contributed by atoms with E-state index in [1.807, 2.05) is 6.20 Å². The first-order valence-electron chi connectivity index (χ1n) is 11.0. The van der Waals surface area contributed by atoms with Crippen LogP contribution in [0.25, 0.3) is 28.1 Å².